The normalized spacial score (nSPS) is 9.73. The molecule has 0 spiro atoms. The van der Waals surface area contributed by atoms with Gasteiger partial charge in [0.05, 0.1) is 25.5 Å². The van der Waals surface area contributed by atoms with Gasteiger partial charge < -0.3 is 9.47 Å². The van der Waals surface area contributed by atoms with Crippen molar-refractivity contribution in [1.29, 1.82) is 0 Å². The number of carbonyl (C=O) groups excluding carboxylic acids is 1. The van der Waals surface area contributed by atoms with Crippen LogP contribution in [0, 0.1) is 0 Å². The van der Waals surface area contributed by atoms with Gasteiger partial charge in [0.15, 0.2) is 11.5 Å². The molecule has 0 radical (unpaired) electrons. The zero-order valence-electron chi connectivity index (χ0n) is 12.4. The first-order valence-corrected chi connectivity index (χ1v) is 6.53. The first kappa shape index (κ1) is 15.4. The van der Waals surface area contributed by atoms with Crippen LogP contribution < -0.4 is 20.3 Å². The fourth-order valence-corrected chi connectivity index (χ4v) is 1.80. The van der Waals surface area contributed by atoms with Gasteiger partial charge in [0.2, 0.25) is 0 Å². The third kappa shape index (κ3) is 3.54. The van der Waals surface area contributed by atoms with Gasteiger partial charge in [-0.15, -0.1) is 0 Å². The predicted octanol–water partition coefficient (Wildman–Crippen LogP) is 2.00. The van der Waals surface area contributed by atoms with Gasteiger partial charge >= 0.3 is 0 Å². The average molecular weight is 299 g/mol. The molecule has 2 aromatic rings. The Morgan fingerprint density at radius 2 is 1.86 bits per heavy atom. The van der Waals surface area contributed by atoms with Gasteiger partial charge in [-0.3, -0.25) is 20.6 Å². The number of hydrogen-bond acceptors (Lipinski definition) is 5. The van der Waals surface area contributed by atoms with Crippen LogP contribution in [0.25, 0.3) is 5.70 Å². The van der Waals surface area contributed by atoms with Gasteiger partial charge in [-0.25, -0.2) is 0 Å². The molecule has 0 unspecified atom stereocenters. The lowest BCUT2D eigenvalue weighted by Gasteiger charge is -2.13. The van der Waals surface area contributed by atoms with Gasteiger partial charge in [0, 0.05) is 18.0 Å². The lowest BCUT2D eigenvalue weighted by molar-refractivity contribution is 0.0942. The number of carbonyl (C=O) groups is 1. The number of hydrazine groups is 1. The third-order valence-electron chi connectivity index (χ3n) is 2.98. The largest absolute Gasteiger partial charge is 0.493 e. The van der Waals surface area contributed by atoms with Gasteiger partial charge in [0.25, 0.3) is 5.91 Å². The SMILES string of the molecule is C=C(NNC(=O)c1cccnc1)c1ccc(OC)c(OC)c1. The van der Waals surface area contributed by atoms with E-state index in [9.17, 15) is 4.79 Å². The molecule has 1 heterocycles. The number of hydrogen-bond donors (Lipinski definition) is 2. The summed E-state index contributed by atoms with van der Waals surface area (Å²) >= 11 is 0. The second-order valence-electron chi connectivity index (χ2n) is 4.37. The Bertz CT molecular complexity index is 672. The topological polar surface area (TPSA) is 72.5 Å². The summed E-state index contributed by atoms with van der Waals surface area (Å²) in [6.45, 7) is 3.88. The van der Waals surface area contributed by atoms with Crippen LogP contribution in [0.5, 0.6) is 11.5 Å². The maximum absolute atomic E-state index is 11.9. The van der Waals surface area contributed by atoms with E-state index >= 15 is 0 Å². The molecular formula is C16H17N3O3. The van der Waals surface area contributed by atoms with Crippen molar-refractivity contribution in [3.05, 3.63) is 60.4 Å². The molecule has 6 nitrogen and oxygen atoms in total. The molecule has 0 atom stereocenters. The molecule has 0 bridgehead atoms. The Hall–Kier alpha value is -3.02. The number of amides is 1. The Labute approximate surface area is 128 Å². The van der Waals surface area contributed by atoms with Crippen LogP contribution in [-0.4, -0.2) is 25.1 Å². The fourth-order valence-electron chi connectivity index (χ4n) is 1.80. The molecule has 6 heteroatoms. The minimum Gasteiger partial charge on any atom is -0.493 e. The van der Waals surface area contributed by atoms with Crippen LogP contribution in [0.3, 0.4) is 0 Å². The van der Waals surface area contributed by atoms with E-state index in [0.717, 1.165) is 5.56 Å². The summed E-state index contributed by atoms with van der Waals surface area (Å²) in [7, 11) is 3.13. The minimum atomic E-state index is -0.297. The molecule has 0 saturated carbocycles. The highest BCUT2D eigenvalue weighted by Gasteiger charge is 2.08. The summed E-state index contributed by atoms with van der Waals surface area (Å²) in [5, 5.41) is 0. The molecule has 1 aromatic carbocycles. The summed E-state index contributed by atoms with van der Waals surface area (Å²) in [5.74, 6) is 0.912. The van der Waals surface area contributed by atoms with Crippen LogP contribution in [-0.2, 0) is 0 Å². The summed E-state index contributed by atoms with van der Waals surface area (Å²) in [6.07, 6.45) is 3.09. The highest BCUT2D eigenvalue weighted by atomic mass is 16.5. The van der Waals surface area contributed by atoms with Crippen molar-refractivity contribution in [1.82, 2.24) is 15.8 Å². The fraction of sp³-hybridized carbons (Fsp3) is 0.125. The Balaban J connectivity index is 2.02. The average Bonchev–Trinajstić information content (AvgIpc) is 2.59. The Kier molecular flexibility index (Phi) is 4.98. The molecule has 0 aliphatic heterocycles. The standard InChI is InChI=1S/C16H17N3O3/c1-11(12-6-7-14(21-2)15(9-12)22-3)18-19-16(20)13-5-4-8-17-10-13/h4-10,18H,1H2,2-3H3,(H,19,20). The van der Waals surface area contributed by atoms with Gasteiger partial charge in [-0.05, 0) is 30.3 Å². The molecule has 22 heavy (non-hydrogen) atoms. The molecule has 114 valence electrons. The Morgan fingerprint density at radius 1 is 1.09 bits per heavy atom. The van der Waals surface area contributed by atoms with E-state index < -0.39 is 0 Å². The van der Waals surface area contributed by atoms with E-state index in [1.165, 1.54) is 6.20 Å². The number of aromatic nitrogens is 1. The third-order valence-corrected chi connectivity index (χ3v) is 2.98. The first-order valence-electron chi connectivity index (χ1n) is 6.53. The molecule has 0 aliphatic carbocycles. The van der Waals surface area contributed by atoms with Crippen molar-refractivity contribution >= 4 is 11.6 Å². The quantitative estimate of drug-likeness (QED) is 0.798. The van der Waals surface area contributed by atoms with Crippen molar-refractivity contribution in [2.24, 2.45) is 0 Å². The van der Waals surface area contributed by atoms with Gasteiger partial charge in [0.1, 0.15) is 0 Å². The molecule has 0 fully saturated rings. The van der Waals surface area contributed by atoms with E-state index in [2.05, 4.69) is 22.4 Å². The van der Waals surface area contributed by atoms with Crippen LogP contribution in [0.2, 0.25) is 0 Å². The minimum absolute atomic E-state index is 0.297. The van der Waals surface area contributed by atoms with Crippen molar-refractivity contribution < 1.29 is 14.3 Å². The van der Waals surface area contributed by atoms with Crippen LogP contribution in [0.4, 0.5) is 0 Å². The van der Waals surface area contributed by atoms with E-state index in [1.807, 2.05) is 6.07 Å². The summed E-state index contributed by atoms with van der Waals surface area (Å²) < 4.78 is 10.4. The van der Waals surface area contributed by atoms with Gasteiger partial charge in [-0.2, -0.15) is 0 Å². The second-order valence-corrected chi connectivity index (χ2v) is 4.37. The molecule has 2 rings (SSSR count). The highest BCUT2D eigenvalue weighted by molar-refractivity contribution is 5.94. The number of nitrogens with zero attached hydrogens (tertiary/aromatic N) is 1. The smallest absolute Gasteiger partial charge is 0.271 e. The zero-order valence-corrected chi connectivity index (χ0v) is 12.4. The molecule has 1 amide bonds. The maximum atomic E-state index is 11.9. The number of rotatable bonds is 6. The monoisotopic (exact) mass is 299 g/mol. The number of nitrogens with one attached hydrogen (secondary N) is 2. The maximum Gasteiger partial charge on any atom is 0.271 e. The van der Waals surface area contributed by atoms with E-state index in [-0.39, 0.29) is 5.91 Å². The van der Waals surface area contributed by atoms with Crippen LogP contribution >= 0.6 is 0 Å². The van der Waals surface area contributed by atoms with Crippen molar-refractivity contribution in [2.75, 3.05) is 14.2 Å². The summed E-state index contributed by atoms with van der Waals surface area (Å²) in [4.78, 5) is 15.8. The molecule has 0 saturated heterocycles. The molecular weight excluding hydrogens is 282 g/mol. The number of methoxy groups -OCH3 is 2. The first-order chi connectivity index (χ1) is 10.7. The highest BCUT2D eigenvalue weighted by Crippen LogP contribution is 2.29. The molecule has 1 aromatic heterocycles. The van der Waals surface area contributed by atoms with E-state index in [4.69, 9.17) is 9.47 Å². The van der Waals surface area contributed by atoms with Crippen LogP contribution in [0.15, 0.2) is 49.3 Å². The lowest BCUT2D eigenvalue weighted by atomic mass is 10.1. The number of ether oxygens (including phenoxy) is 2. The van der Waals surface area contributed by atoms with Gasteiger partial charge in [-0.1, -0.05) is 6.58 Å². The summed E-state index contributed by atoms with van der Waals surface area (Å²) in [5.41, 5.74) is 7.08. The Morgan fingerprint density at radius 3 is 2.50 bits per heavy atom. The van der Waals surface area contributed by atoms with Crippen molar-refractivity contribution in [2.45, 2.75) is 0 Å². The van der Waals surface area contributed by atoms with E-state index in [1.54, 1.807) is 44.7 Å². The second kappa shape index (κ2) is 7.12. The lowest BCUT2D eigenvalue weighted by Crippen LogP contribution is -2.35. The molecule has 0 aliphatic rings. The molecule has 2 N–H and O–H groups in total. The number of pyridine rings is 1. The van der Waals surface area contributed by atoms with E-state index in [0.29, 0.717) is 22.8 Å². The summed E-state index contributed by atoms with van der Waals surface area (Å²) in [6, 6.07) is 8.71. The van der Waals surface area contributed by atoms with Crippen molar-refractivity contribution in [3.63, 3.8) is 0 Å². The zero-order chi connectivity index (χ0) is 15.9. The number of benzene rings is 1. The van der Waals surface area contributed by atoms with Crippen molar-refractivity contribution in [3.8, 4) is 11.5 Å². The van der Waals surface area contributed by atoms with Crippen LogP contribution in [0.1, 0.15) is 15.9 Å². The predicted molar refractivity (Wildman–Crippen MR) is 83.4 cm³/mol.